The second-order valence-corrected chi connectivity index (χ2v) is 4.77. The van der Waals surface area contributed by atoms with Crippen LogP contribution in [0.1, 0.15) is 18.4 Å². The summed E-state index contributed by atoms with van der Waals surface area (Å²) in [5.74, 6) is 0.0800. The predicted molar refractivity (Wildman–Crippen MR) is 78.8 cm³/mol. The van der Waals surface area contributed by atoms with Crippen LogP contribution in [0.5, 0.6) is 0 Å². The molecule has 0 aliphatic carbocycles. The van der Waals surface area contributed by atoms with E-state index < -0.39 is 0 Å². The highest BCUT2D eigenvalue weighted by Gasteiger charge is 2.03. The summed E-state index contributed by atoms with van der Waals surface area (Å²) in [6.45, 7) is 1.44. The molecular weight excluding hydrogens is 256 g/mol. The molecule has 0 aliphatic heterocycles. The predicted octanol–water partition coefficient (Wildman–Crippen LogP) is 0.514. The smallest absolute Gasteiger partial charge is 0.323 e. The number of amides is 1. The van der Waals surface area contributed by atoms with Crippen molar-refractivity contribution in [2.75, 3.05) is 20.1 Å². The van der Waals surface area contributed by atoms with E-state index in [-0.39, 0.29) is 11.6 Å². The number of rotatable bonds is 7. The number of hydrogen-bond acceptors (Lipinski definition) is 3. The van der Waals surface area contributed by atoms with Crippen molar-refractivity contribution in [3.8, 4) is 0 Å². The minimum atomic E-state index is -0.193. The van der Waals surface area contributed by atoms with Gasteiger partial charge in [-0.2, -0.15) is 0 Å². The highest BCUT2D eigenvalue weighted by atomic mass is 16.1. The van der Waals surface area contributed by atoms with Gasteiger partial charge in [-0.05, 0) is 37.6 Å². The third-order valence-corrected chi connectivity index (χ3v) is 3.15. The monoisotopic (exact) mass is 276 g/mol. The Bertz CT molecular complexity index is 629. The van der Waals surface area contributed by atoms with E-state index in [1.54, 1.807) is 0 Å². The fourth-order valence-electron chi connectivity index (χ4n) is 2.10. The molecule has 6 heteroatoms. The van der Waals surface area contributed by atoms with Gasteiger partial charge in [0.15, 0.2) is 0 Å². The number of nitrogens with one attached hydrogen (secondary N) is 4. The van der Waals surface area contributed by atoms with Gasteiger partial charge in [0.05, 0.1) is 11.0 Å². The molecule has 6 nitrogen and oxygen atoms in total. The van der Waals surface area contributed by atoms with Crippen LogP contribution in [0.4, 0.5) is 0 Å². The van der Waals surface area contributed by atoms with E-state index in [1.165, 1.54) is 0 Å². The molecule has 0 saturated carbocycles. The van der Waals surface area contributed by atoms with Crippen molar-refractivity contribution in [1.82, 2.24) is 20.6 Å². The average molecular weight is 276 g/mol. The SMILES string of the molecule is CNCCNC(=O)CCCc1ccc2[nH]c(=O)[nH]c2c1. The van der Waals surface area contributed by atoms with Gasteiger partial charge in [0.25, 0.3) is 0 Å². The Labute approximate surface area is 117 Å². The second-order valence-electron chi connectivity index (χ2n) is 4.77. The van der Waals surface area contributed by atoms with Gasteiger partial charge < -0.3 is 20.6 Å². The molecule has 1 heterocycles. The fraction of sp³-hybridized carbons (Fsp3) is 0.429. The highest BCUT2D eigenvalue weighted by molar-refractivity contribution is 5.76. The third-order valence-electron chi connectivity index (χ3n) is 3.15. The number of H-pyrrole nitrogens is 2. The van der Waals surface area contributed by atoms with Crippen LogP contribution in [0.25, 0.3) is 11.0 Å². The molecule has 1 aromatic carbocycles. The summed E-state index contributed by atoms with van der Waals surface area (Å²) in [6.07, 6.45) is 2.14. The van der Waals surface area contributed by atoms with Crippen molar-refractivity contribution in [3.63, 3.8) is 0 Å². The van der Waals surface area contributed by atoms with Crippen LogP contribution in [0.15, 0.2) is 23.0 Å². The van der Waals surface area contributed by atoms with Crippen LogP contribution in [-0.2, 0) is 11.2 Å². The number of carbonyl (C=O) groups excluding carboxylic acids is 1. The maximum Gasteiger partial charge on any atom is 0.323 e. The molecule has 0 saturated heterocycles. The Balaban J connectivity index is 1.80. The van der Waals surface area contributed by atoms with Crippen molar-refractivity contribution >= 4 is 16.9 Å². The summed E-state index contributed by atoms with van der Waals surface area (Å²) in [5, 5.41) is 5.83. The van der Waals surface area contributed by atoms with E-state index in [4.69, 9.17) is 0 Å². The van der Waals surface area contributed by atoms with Gasteiger partial charge in [0.2, 0.25) is 5.91 Å². The van der Waals surface area contributed by atoms with E-state index in [0.717, 1.165) is 36.0 Å². The molecule has 2 aromatic rings. The number of aromatic amines is 2. The Hall–Kier alpha value is -2.08. The Morgan fingerprint density at radius 2 is 2.00 bits per heavy atom. The molecule has 0 unspecified atom stereocenters. The summed E-state index contributed by atoms with van der Waals surface area (Å²) in [4.78, 5) is 28.1. The maximum atomic E-state index is 11.5. The molecule has 0 aliphatic rings. The molecule has 0 spiro atoms. The molecule has 0 fully saturated rings. The van der Waals surface area contributed by atoms with E-state index in [0.29, 0.717) is 13.0 Å². The van der Waals surface area contributed by atoms with Crippen LogP contribution in [0.2, 0.25) is 0 Å². The number of carbonyl (C=O) groups is 1. The third kappa shape index (κ3) is 3.96. The first-order valence-electron chi connectivity index (χ1n) is 6.81. The summed E-state index contributed by atoms with van der Waals surface area (Å²) in [5.41, 5.74) is 2.55. The van der Waals surface area contributed by atoms with Crippen molar-refractivity contribution in [1.29, 1.82) is 0 Å². The summed E-state index contributed by atoms with van der Waals surface area (Å²) >= 11 is 0. The van der Waals surface area contributed by atoms with Crippen LogP contribution < -0.4 is 16.3 Å². The van der Waals surface area contributed by atoms with Gasteiger partial charge in [-0.3, -0.25) is 4.79 Å². The second kappa shape index (κ2) is 6.91. The number of benzene rings is 1. The quantitative estimate of drug-likeness (QED) is 0.556. The van der Waals surface area contributed by atoms with Gasteiger partial charge >= 0.3 is 5.69 Å². The molecule has 4 N–H and O–H groups in total. The molecule has 1 amide bonds. The molecule has 108 valence electrons. The van der Waals surface area contributed by atoms with Crippen LogP contribution >= 0.6 is 0 Å². The number of aryl methyl sites for hydroxylation is 1. The standard InChI is InChI=1S/C14H20N4O2/c1-15-7-8-16-13(19)4-2-3-10-5-6-11-12(9-10)18-14(20)17-11/h5-6,9,15H,2-4,7-8H2,1H3,(H,16,19)(H2,17,18,20). The summed E-state index contributed by atoms with van der Waals surface area (Å²) in [7, 11) is 1.85. The first-order chi connectivity index (χ1) is 9.69. The first-order valence-corrected chi connectivity index (χ1v) is 6.81. The summed E-state index contributed by atoms with van der Waals surface area (Å²) < 4.78 is 0. The van der Waals surface area contributed by atoms with Gasteiger partial charge in [0.1, 0.15) is 0 Å². The zero-order valence-electron chi connectivity index (χ0n) is 11.6. The average Bonchev–Trinajstić information content (AvgIpc) is 2.78. The van der Waals surface area contributed by atoms with Gasteiger partial charge in [-0.1, -0.05) is 6.07 Å². The highest BCUT2D eigenvalue weighted by Crippen LogP contribution is 2.12. The van der Waals surface area contributed by atoms with Gasteiger partial charge in [-0.25, -0.2) is 4.79 Å². The number of aromatic nitrogens is 2. The van der Waals surface area contributed by atoms with Gasteiger partial charge in [-0.15, -0.1) is 0 Å². The maximum absolute atomic E-state index is 11.5. The lowest BCUT2D eigenvalue weighted by atomic mass is 10.1. The molecule has 0 radical (unpaired) electrons. The lowest BCUT2D eigenvalue weighted by Gasteiger charge is -2.05. The minimum absolute atomic E-state index is 0.0800. The normalized spacial score (nSPS) is 10.8. The zero-order chi connectivity index (χ0) is 14.4. The zero-order valence-corrected chi connectivity index (χ0v) is 11.6. The molecule has 2 rings (SSSR count). The van der Waals surface area contributed by atoms with Crippen LogP contribution in [0, 0.1) is 0 Å². The minimum Gasteiger partial charge on any atom is -0.355 e. The van der Waals surface area contributed by atoms with E-state index in [2.05, 4.69) is 20.6 Å². The Morgan fingerprint density at radius 3 is 2.80 bits per heavy atom. The van der Waals surface area contributed by atoms with E-state index >= 15 is 0 Å². The number of likely N-dealkylation sites (N-methyl/N-ethyl adjacent to an activating group) is 1. The lowest BCUT2D eigenvalue weighted by Crippen LogP contribution is -2.30. The molecule has 20 heavy (non-hydrogen) atoms. The van der Waals surface area contributed by atoms with Crippen LogP contribution in [-0.4, -0.2) is 36.0 Å². The van der Waals surface area contributed by atoms with Crippen molar-refractivity contribution in [2.24, 2.45) is 0 Å². The number of hydrogen-bond donors (Lipinski definition) is 4. The molecule has 1 aromatic heterocycles. The van der Waals surface area contributed by atoms with Crippen LogP contribution in [0.3, 0.4) is 0 Å². The topological polar surface area (TPSA) is 89.8 Å². The molecular formula is C14H20N4O2. The number of imidazole rings is 1. The fourth-order valence-corrected chi connectivity index (χ4v) is 2.10. The van der Waals surface area contributed by atoms with Crippen molar-refractivity contribution in [3.05, 3.63) is 34.2 Å². The largest absolute Gasteiger partial charge is 0.355 e. The Morgan fingerprint density at radius 1 is 1.20 bits per heavy atom. The first kappa shape index (κ1) is 14.3. The van der Waals surface area contributed by atoms with E-state index in [1.807, 2.05) is 25.2 Å². The Kier molecular flexibility index (Phi) is 4.95. The summed E-state index contributed by atoms with van der Waals surface area (Å²) in [6, 6.07) is 5.81. The number of fused-ring (bicyclic) bond motifs is 1. The molecule has 0 bridgehead atoms. The molecule has 0 atom stereocenters. The van der Waals surface area contributed by atoms with Gasteiger partial charge in [0, 0.05) is 19.5 Å². The lowest BCUT2D eigenvalue weighted by molar-refractivity contribution is -0.121. The van der Waals surface area contributed by atoms with E-state index in [9.17, 15) is 9.59 Å². The van der Waals surface area contributed by atoms with Crippen molar-refractivity contribution < 1.29 is 4.79 Å². The van der Waals surface area contributed by atoms with Crippen molar-refractivity contribution in [2.45, 2.75) is 19.3 Å².